The largest absolute Gasteiger partial charge is 0.355 e. The van der Waals surface area contributed by atoms with Crippen LogP contribution in [0.5, 0.6) is 0 Å². The van der Waals surface area contributed by atoms with E-state index in [9.17, 15) is 26.4 Å². The van der Waals surface area contributed by atoms with Gasteiger partial charge in [-0.05, 0) is 53.8 Å². The van der Waals surface area contributed by atoms with Gasteiger partial charge in [-0.3, -0.25) is 9.59 Å². The van der Waals surface area contributed by atoms with Crippen molar-refractivity contribution in [3.8, 4) is 11.1 Å². The van der Waals surface area contributed by atoms with Gasteiger partial charge in [0.05, 0.1) is 10.6 Å². The number of amides is 2. The van der Waals surface area contributed by atoms with Crippen LogP contribution < -0.4 is 19.1 Å². The van der Waals surface area contributed by atoms with E-state index in [-0.39, 0.29) is 23.5 Å². The third-order valence-electron chi connectivity index (χ3n) is 6.45. The molecule has 3 N–H and O–H groups in total. The molecule has 3 aromatic rings. The Morgan fingerprint density at radius 1 is 0.950 bits per heavy atom. The second-order valence-electron chi connectivity index (χ2n) is 9.47. The number of hydrogen-bond donors (Lipinski definition) is 3. The van der Waals surface area contributed by atoms with E-state index in [0.29, 0.717) is 12.1 Å². The molecule has 40 heavy (non-hydrogen) atoms. The summed E-state index contributed by atoms with van der Waals surface area (Å²) in [7, 11) is -8.00. The number of rotatable bonds is 12. The van der Waals surface area contributed by atoms with Crippen molar-refractivity contribution in [2.24, 2.45) is 0 Å². The van der Waals surface area contributed by atoms with Crippen LogP contribution in [0.3, 0.4) is 0 Å². The number of nitrogens with one attached hydrogen (secondary N) is 3. The lowest BCUT2D eigenvalue weighted by Crippen LogP contribution is -2.48. The van der Waals surface area contributed by atoms with Gasteiger partial charge in [-0.25, -0.2) is 17.4 Å². The first-order valence-electron chi connectivity index (χ1n) is 13.0. The molecule has 3 aromatic carbocycles. The number of sulfonamides is 1. The minimum atomic E-state index is -4.05. The Balaban J connectivity index is 1.52. The van der Waals surface area contributed by atoms with Gasteiger partial charge >= 0.3 is 10.2 Å². The van der Waals surface area contributed by atoms with E-state index < -0.39 is 38.1 Å². The van der Waals surface area contributed by atoms with Gasteiger partial charge in [-0.1, -0.05) is 74.4 Å². The van der Waals surface area contributed by atoms with Crippen molar-refractivity contribution in [2.45, 2.75) is 43.5 Å². The van der Waals surface area contributed by atoms with Gasteiger partial charge in [0, 0.05) is 6.54 Å². The van der Waals surface area contributed by atoms with E-state index in [1.165, 1.54) is 24.3 Å². The van der Waals surface area contributed by atoms with Crippen LogP contribution in [0.4, 0.5) is 5.69 Å². The van der Waals surface area contributed by atoms with E-state index in [0.717, 1.165) is 34.7 Å². The van der Waals surface area contributed by atoms with Gasteiger partial charge in [-0.2, -0.15) is 13.1 Å². The fourth-order valence-corrected chi connectivity index (χ4v) is 6.67. The van der Waals surface area contributed by atoms with Gasteiger partial charge in [0.1, 0.15) is 12.6 Å². The Kier molecular flexibility index (Phi) is 9.23. The fourth-order valence-electron chi connectivity index (χ4n) is 4.32. The number of carbonyl (C=O) groups excluding carboxylic acids is 2. The summed E-state index contributed by atoms with van der Waals surface area (Å²) in [5.41, 5.74) is 2.70. The van der Waals surface area contributed by atoms with Gasteiger partial charge in [0.15, 0.2) is 0 Å². The fraction of sp³-hybridized carbons (Fsp3) is 0.286. The Bertz CT molecular complexity index is 1540. The van der Waals surface area contributed by atoms with E-state index in [1.54, 1.807) is 24.3 Å². The van der Waals surface area contributed by atoms with Crippen LogP contribution in [0, 0.1) is 0 Å². The molecule has 0 bridgehead atoms. The molecule has 1 heterocycles. The van der Waals surface area contributed by atoms with Gasteiger partial charge in [0.25, 0.3) is 5.91 Å². The molecule has 1 aliphatic heterocycles. The molecule has 1 aliphatic rings. The monoisotopic (exact) mass is 584 g/mol. The third kappa shape index (κ3) is 7.26. The molecular formula is C28H32N4O6S2. The minimum Gasteiger partial charge on any atom is -0.355 e. The molecule has 4 rings (SSSR count). The molecule has 1 atom stereocenters. The normalized spacial score (nSPS) is 15.4. The summed E-state index contributed by atoms with van der Waals surface area (Å²) in [6, 6.07) is 21.1. The summed E-state index contributed by atoms with van der Waals surface area (Å²) < 4.78 is 56.2. The summed E-state index contributed by atoms with van der Waals surface area (Å²) in [5, 5.41) is 2.82. The minimum absolute atomic E-state index is 0.0303. The molecule has 212 valence electrons. The number of carbonyl (C=O) groups is 2. The van der Waals surface area contributed by atoms with Crippen LogP contribution in [0.25, 0.3) is 11.1 Å². The lowest BCUT2D eigenvalue weighted by molar-refractivity contribution is -0.122. The highest BCUT2D eigenvalue weighted by atomic mass is 32.2. The Morgan fingerprint density at radius 3 is 2.20 bits per heavy atom. The molecule has 0 aromatic heterocycles. The highest BCUT2D eigenvalue weighted by molar-refractivity contribution is 7.92. The van der Waals surface area contributed by atoms with E-state index in [1.807, 2.05) is 42.0 Å². The van der Waals surface area contributed by atoms with E-state index in [4.69, 9.17) is 0 Å². The van der Waals surface area contributed by atoms with E-state index >= 15 is 0 Å². The van der Waals surface area contributed by atoms with Crippen molar-refractivity contribution in [3.05, 3.63) is 84.4 Å². The van der Waals surface area contributed by atoms with Crippen molar-refractivity contribution in [1.82, 2.24) is 14.8 Å². The predicted molar refractivity (Wildman–Crippen MR) is 153 cm³/mol. The topological polar surface area (TPSA) is 142 Å². The summed E-state index contributed by atoms with van der Waals surface area (Å²) in [5.74, 6) is -1.09. The van der Waals surface area contributed by atoms with Crippen LogP contribution in [0.15, 0.2) is 83.8 Å². The van der Waals surface area contributed by atoms with Crippen LogP contribution in [0.1, 0.15) is 31.7 Å². The maximum absolute atomic E-state index is 13.3. The Hall–Kier alpha value is -3.74. The van der Waals surface area contributed by atoms with Crippen molar-refractivity contribution in [1.29, 1.82) is 0 Å². The van der Waals surface area contributed by atoms with Gasteiger partial charge < -0.3 is 5.32 Å². The highest BCUT2D eigenvalue weighted by Crippen LogP contribution is 2.23. The van der Waals surface area contributed by atoms with Crippen molar-refractivity contribution in [3.63, 3.8) is 0 Å². The Labute approximate surface area is 235 Å². The van der Waals surface area contributed by atoms with Crippen LogP contribution in [-0.2, 0) is 36.2 Å². The maximum Gasteiger partial charge on any atom is 0.326 e. The van der Waals surface area contributed by atoms with Gasteiger partial charge in [0.2, 0.25) is 15.9 Å². The maximum atomic E-state index is 13.3. The molecule has 0 saturated carbocycles. The number of nitrogens with zero attached hydrogens (tertiary/aromatic N) is 1. The molecule has 1 saturated heterocycles. The highest BCUT2D eigenvalue weighted by Gasteiger charge is 2.34. The van der Waals surface area contributed by atoms with Crippen molar-refractivity contribution in [2.75, 3.05) is 17.4 Å². The van der Waals surface area contributed by atoms with Crippen LogP contribution in [0.2, 0.25) is 0 Å². The Morgan fingerprint density at radius 2 is 1.60 bits per heavy atom. The zero-order valence-electron chi connectivity index (χ0n) is 22.0. The average molecular weight is 585 g/mol. The summed E-state index contributed by atoms with van der Waals surface area (Å²) in [6.07, 6.45) is 2.72. The zero-order chi connectivity index (χ0) is 28.8. The van der Waals surface area contributed by atoms with E-state index in [2.05, 4.69) is 10.0 Å². The zero-order valence-corrected chi connectivity index (χ0v) is 23.7. The average Bonchev–Trinajstić information content (AvgIpc) is 3.23. The molecule has 1 unspecified atom stereocenters. The molecule has 0 radical (unpaired) electrons. The second-order valence-corrected chi connectivity index (χ2v) is 12.8. The lowest BCUT2D eigenvalue weighted by Gasteiger charge is -2.20. The standard InChI is InChI=1S/C28H32N4O6S2/c1-2-3-7-18-29-28(34)26(19-21-10-14-24(15-11-21)32-20-27(33)31-40(32,37)38)30-39(35,36)25-16-12-23(13-17-25)22-8-5-4-6-9-22/h4-6,8-17,26,30H,2-3,7,18-20H2,1H3,(H,29,34)(H,31,33). The molecule has 12 heteroatoms. The smallest absolute Gasteiger partial charge is 0.326 e. The number of unbranched alkanes of at least 4 members (excludes halogenated alkanes) is 2. The number of anilines is 1. The van der Waals surface area contributed by atoms with Crippen LogP contribution >= 0.6 is 0 Å². The third-order valence-corrected chi connectivity index (χ3v) is 9.34. The molecule has 2 amide bonds. The quantitative estimate of drug-likeness (QED) is 0.280. The SMILES string of the molecule is CCCCCNC(=O)C(Cc1ccc(N2CC(=O)NS2(=O)=O)cc1)NS(=O)(=O)c1ccc(-c2ccccc2)cc1. The molecule has 0 spiro atoms. The second kappa shape index (κ2) is 12.6. The summed E-state index contributed by atoms with van der Waals surface area (Å²) in [6.45, 7) is 2.14. The molecule has 0 aliphatic carbocycles. The first-order chi connectivity index (χ1) is 19.1. The first-order valence-corrected chi connectivity index (χ1v) is 15.9. The van der Waals surface area contributed by atoms with Crippen molar-refractivity contribution < 1.29 is 26.4 Å². The first kappa shape index (κ1) is 29.2. The molecule has 10 nitrogen and oxygen atoms in total. The molecular weight excluding hydrogens is 552 g/mol. The van der Waals surface area contributed by atoms with Gasteiger partial charge in [-0.15, -0.1) is 0 Å². The lowest BCUT2D eigenvalue weighted by atomic mass is 10.1. The number of hydrogen-bond acceptors (Lipinski definition) is 6. The predicted octanol–water partition coefficient (Wildman–Crippen LogP) is 2.73. The molecule has 1 fully saturated rings. The summed E-state index contributed by atoms with van der Waals surface area (Å²) in [4.78, 5) is 24.7. The van der Waals surface area contributed by atoms with Crippen molar-refractivity contribution >= 4 is 37.7 Å². The summed E-state index contributed by atoms with van der Waals surface area (Å²) >= 11 is 0. The van der Waals surface area contributed by atoms with Crippen LogP contribution in [-0.4, -0.2) is 47.8 Å². The number of benzene rings is 3.